The Morgan fingerprint density at radius 2 is 1.89 bits per heavy atom. The number of carbonyl (C=O) groups excluding carboxylic acids is 1. The molecule has 3 aromatic rings. The van der Waals surface area contributed by atoms with Crippen LogP contribution in [0, 0.1) is 0 Å². The van der Waals surface area contributed by atoms with E-state index in [1.807, 2.05) is 0 Å². The summed E-state index contributed by atoms with van der Waals surface area (Å²) in [4.78, 5) is 19.3. The second kappa shape index (κ2) is 11.8. The number of carbonyl (C=O) groups is 1. The van der Waals surface area contributed by atoms with Crippen molar-refractivity contribution in [2.45, 2.75) is 37.3 Å². The van der Waals surface area contributed by atoms with Crippen LogP contribution in [0.25, 0.3) is 5.57 Å². The number of alkyl halides is 6. The number of nitrogens with zero attached hydrogens (tertiary/aromatic N) is 5. The molecule has 2 unspecified atom stereocenters. The van der Waals surface area contributed by atoms with E-state index in [0.717, 1.165) is 17.4 Å². The lowest BCUT2D eigenvalue weighted by atomic mass is 9.94. The maximum Gasteiger partial charge on any atom is 0.416 e. The number of thiazole rings is 1. The van der Waals surface area contributed by atoms with Crippen LogP contribution >= 0.6 is 11.3 Å². The number of aromatic hydroxyl groups is 1. The zero-order valence-electron chi connectivity index (χ0n) is 23.0. The van der Waals surface area contributed by atoms with Crippen molar-refractivity contribution in [2.24, 2.45) is 15.9 Å². The monoisotopic (exact) mass is 640 g/mol. The molecule has 0 saturated carbocycles. The number of likely N-dealkylation sites (tertiary alicyclic amines) is 1. The Labute approximate surface area is 250 Å². The Bertz CT molecular complexity index is 1740. The number of anilines is 1. The first-order valence-corrected chi connectivity index (χ1v) is 14.0. The smallest absolute Gasteiger partial charge is 0.416 e. The molecule has 1 amide bonds. The molecule has 2 aliphatic heterocycles. The van der Waals surface area contributed by atoms with Gasteiger partial charge in [0.2, 0.25) is 11.8 Å². The number of aliphatic hydroxyl groups is 1. The van der Waals surface area contributed by atoms with E-state index < -0.39 is 47.3 Å². The minimum absolute atomic E-state index is 0.0650. The van der Waals surface area contributed by atoms with Crippen LogP contribution in [0.5, 0.6) is 5.88 Å². The van der Waals surface area contributed by atoms with E-state index >= 15 is 0 Å². The molecule has 0 spiro atoms. The third kappa shape index (κ3) is 6.42. The van der Waals surface area contributed by atoms with Crippen molar-refractivity contribution in [3.8, 4) is 5.88 Å². The zero-order chi connectivity index (χ0) is 32.0. The number of aliphatic hydroxyl groups excluding tert-OH is 1. The number of primary amides is 1. The molecule has 3 heterocycles. The first-order valence-electron chi connectivity index (χ1n) is 13.2. The van der Waals surface area contributed by atoms with Crippen molar-refractivity contribution in [1.82, 2.24) is 9.88 Å². The van der Waals surface area contributed by atoms with Crippen LogP contribution in [0.1, 0.15) is 33.6 Å². The molecule has 1 aromatic heterocycles. The minimum atomic E-state index is -5.09. The number of halogens is 6. The molecule has 1 saturated heterocycles. The van der Waals surface area contributed by atoms with Gasteiger partial charge in [0.25, 0.3) is 0 Å². The van der Waals surface area contributed by atoms with Crippen LogP contribution in [0.15, 0.2) is 46.6 Å². The molecule has 0 aliphatic carbocycles. The quantitative estimate of drug-likeness (QED) is 0.325. The Morgan fingerprint density at radius 3 is 2.55 bits per heavy atom. The van der Waals surface area contributed by atoms with Gasteiger partial charge in [-0.2, -0.15) is 41.5 Å². The van der Waals surface area contributed by atoms with Crippen LogP contribution in [-0.4, -0.2) is 71.0 Å². The number of fused-ring (bicyclic) bond motifs is 1. The van der Waals surface area contributed by atoms with E-state index in [9.17, 15) is 41.4 Å². The number of rotatable bonds is 8. The molecule has 44 heavy (non-hydrogen) atoms. The highest BCUT2D eigenvalue weighted by atomic mass is 32.1. The summed E-state index contributed by atoms with van der Waals surface area (Å²) in [6.45, 7) is 0.0714. The number of likely N-dealkylation sites (N-methyl/N-ethyl adjacent to an activating group) is 1. The average molecular weight is 641 g/mol. The maximum absolute atomic E-state index is 14.1. The molecule has 16 heteroatoms. The maximum atomic E-state index is 14.1. The second-order valence-corrected chi connectivity index (χ2v) is 11.5. The fourth-order valence-corrected chi connectivity index (χ4v) is 6.45. The van der Waals surface area contributed by atoms with Crippen molar-refractivity contribution >= 4 is 34.2 Å². The standard InChI is InChI=1S/C28H26F6N6O3S/c1-39(18-9-19(13-41)40(11-18)12-23(35)42)26-37-25(43)24(44-26)20(14-3-5-22-16(6-14)10-36-38-22)7-15-2-4-17(27(29,30)31)8-21(15)28(32,33)34/h2-6,8,10,18-19,41,43H,7,9,11-13H2,1H3,(H2,35,42). The van der Waals surface area contributed by atoms with Crippen LogP contribution in [0.4, 0.5) is 31.5 Å². The molecule has 2 aromatic carbocycles. The minimum Gasteiger partial charge on any atom is -0.492 e. The first-order chi connectivity index (χ1) is 20.7. The Balaban J connectivity index is 1.59. The van der Waals surface area contributed by atoms with Gasteiger partial charge in [0.05, 0.1) is 40.7 Å². The lowest BCUT2D eigenvalue weighted by molar-refractivity contribution is -0.143. The highest BCUT2D eigenvalue weighted by Crippen LogP contribution is 2.41. The van der Waals surface area contributed by atoms with E-state index in [2.05, 4.69) is 15.2 Å². The van der Waals surface area contributed by atoms with Gasteiger partial charge >= 0.3 is 12.4 Å². The molecule has 9 nitrogen and oxygen atoms in total. The summed E-state index contributed by atoms with van der Waals surface area (Å²) in [5, 5.41) is 29.8. The summed E-state index contributed by atoms with van der Waals surface area (Å²) < 4.78 is 82.2. The summed E-state index contributed by atoms with van der Waals surface area (Å²) >= 11 is 0.991. The third-order valence-corrected chi connectivity index (χ3v) is 8.84. The number of nitrogens with two attached hydrogens (primary N) is 1. The SMILES string of the molecule is CN(c1nc(O)c(C(Cc2ccc(C(F)(F)F)cc2C(F)(F)F)=c2ccc3c(c2)C=NN=3)s1)C1CC(CO)N(CC(N)=O)C1. The summed E-state index contributed by atoms with van der Waals surface area (Å²) in [7, 11) is 1.69. The van der Waals surface area contributed by atoms with Gasteiger partial charge in [-0.25, -0.2) is 0 Å². The van der Waals surface area contributed by atoms with E-state index in [-0.39, 0.29) is 41.8 Å². The van der Waals surface area contributed by atoms with Gasteiger partial charge < -0.3 is 20.8 Å². The lowest BCUT2D eigenvalue weighted by Crippen LogP contribution is -2.40. The lowest BCUT2D eigenvalue weighted by Gasteiger charge is -2.24. The van der Waals surface area contributed by atoms with Crippen LogP contribution < -0.4 is 21.2 Å². The van der Waals surface area contributed by atoms with Gasteiger partial charge in [-0.3, -0.25) is 9.69 Å². The molecule has 0 radical (unpaired) electrons. The average Bonchev–Trinajstić information content (AvgIpc) is 3.68. The largest absolute Gasteiger partial charge is 0.492 e. The summed E-state index contributed by atoms with van der Waals surface area (Å²) in [5.41, 5.74) is 2.80. The third-order valence-electron chi connectivity index (χ3n) is 7.65. The van der Waals surface area contributed by atoms with E-state index in [1.165, 1.54) is 6.21 Å². The van der Waals surface area contributed by atoms with E-state index in [4.69, 9.17) is 5.73 Å². The molecule has 4 N–H and O–H groups in total. The molecule has 1 fully saturated rings. The number of hydrogen-bond donors (Lipinski definition) is 3. The van der Waals surface area contributed by atoms with Crippen molar-refractivity contribution in [1.29, 1.82) is 0 Å². The highest BCUT2D eigenvalue weighted by molar-refractivity contribution is 7.17. The van der Waals surface area contributed by atoms with Crippen molar-refractivity contribution < 1.29 is 41.4 Å². The van der Waals surface area contributed by atoms with Gasteiger partial charge in [0.1, 0.15) is 0 Å². The molecule has 2 atom stereocenters. The predicted octanol–water partition coefficient (Wildman–Crippen LogP) is 2.65. The topological polar surface area (TPSA) is 128 Å². The summed E-state index contributed by atoms with van der Waals surface area (Å²) in [5.74, 6) is -1.04. The van der Waals surface area contributed by atoms with Gasteiger partial charge in [0.15, 0.2) is 5.13 Å². The van der Waals surface area contributed by atoms with Crippen molar-refractivity contribution in [2.75, 3.05) is 31.6 Å². The Hall–Kier alpha value is -4.02. The second-order valence-electron chi connectivity index (χ2n) is 10.5. The number of aromatic nitrogens is 1. The van der Waals surface area contributed by atoms with Gasteiger partial charge in [0, 0.05) is 37.7 Å². The molecular weight excluding hydrogens is 614 g/mol. The van der Waals surface area contributed by atoms with Crippen LogP contribution in [-0.2, 0) is 23.6 Å². The van der Waals surface area contributed by atoms with Crippen LogP contribution in [0.2, 0.25) is 0 Å². The van der Waals surface area contributed by atoms with Crippen molar-refractivity contribution in [3.63, 3.8) is 0 Å². The molecule has 234 valence electrons. The van der Waals surface area contributed by atoms with E-state index in [0.29, 0.717) is 40.3 Å². The summed E-state index contributed by atoms with van der Waals surface area (Å²) in [6, 6.07) is 5.68. The number of amides is 1. The Morgan fingerprint density at radius 1 is 1.14 bits per heavy atom. The normalized spacial score (nSPS) is 19.2. The number of benzene rings is 2. The first kappa shape index (κ1) is 31.4. The van der Waals surface area contributed by atoms with Gasteiger partial charge in [-0.15, -0.1) is 0 Å². The fraction of sp³-hybridized carbons (Fsp3) is 0.357. The predicted molar refractivity (Wildman–Crippen MR) is 150 cm³/mol. The van der Waals surface area contributed by atoms with Crippen molar-refractivity contribution in [3.05, 3.63) is 74.1 Å². The molecule has 2 aliphatic rings. The van der Waals surface area contributed by atoms with Gasteiger partial charge in [-0.1, -0.05) is 23.5 Å². The molecule has 0 bridgehead atoms. The molecular formula is C28H26F6N6O3S. The van der Waals surface area contributed by atoms with Gasteiger partial charge in [-0.05, 0) is 47.0 Å². The Kier molecular flexibility index (Phi) is 8.43. The molecule has 5 rings (SSSR count). The van der Waals surface area contributed by atoms with Crippen LogP contribution in [0.3, 0.4) is 0 Å². The zero-order valence-corrected chi connectivity index (χ0v) is 23.8. The number of hydrogen-bond acceptors (Lipinski definition) is 9. The summed E-state index contributed by atoms with van der Waals surface area (Å²) in [6.07, 6.45) is -8.65. The highest BCUT2D eigenvalue weighted by Gasteiger charge is 2.39. The van der Waals surface area contributed by atoms with E-state index in [1.54, 1.807) is 35.0 Å². The fourth-order valence-electron chi connectivity index (χ4n) is 5.39.